The molecule has 0 unspecified atom stereocenters. The molecule has 0 saturated heterocycles. The summed E-state index contributed by atoms with van der Waals surface area (Å²) < 4.78 is 1.62. The maximum Gasteiger partial charge on any atom is 0.313 e. The number of aliphatic hydroxyl groups is 1. The number of carbonyl (C=O) groups is 2. The number of aryl methyl sites for hydroxylation is 2. The third-order valence-corrected chi connectivity index (χ3v) is 2.51. The number of carbonyl (C=O) groups excluding carboxylic acids is 2. The van der Waals surface area contributed by atoms with E-state index in [1.165, 1.54) is 6.92 Å². The highest BCUT2D eigenvalue weighted by atomic mass is 16.3. The van der Waals surface area contributed by atoms with Crippen molar-refractivity contribution in [2.75, 3.05) is 11.9 Å². The van der Waals surface area contributed by atoms with E-state index in [9.17, 15) is 9.59 Å². The van der Waals surface area contributed by atoms with Gasteiger partial charge in [-0.3, -0.25) is 14.3 Å². The molecular formula is C11H18N4O3. The molecule has 3 N–H and O–H groups in total. The minimum Gasteiger partial charge on any atom is -0.392 e. The van der Waals surface area contributed by atoms with Crippen LogP contribution in [0.15, 0.2) is 0 Å². The van der Waals surface area contributed by atoms with Crippen molar-refractivity contribution in [3.8, 4) is 0 Å². The maximum atomic E-state index is 11.6. The van der Waals surface area contributed by atoms with Crippen molar-refractivity contribution in [2.45, 2.75) is 26.9 Å². The number of rotatable bonds is 3. The van der Waals surface area contributed by atoms with Crippen molar-refractivity contribution in [1.29, 1.82) is 0 Å². The van der Waals surface area contributed by atoms with E-state index in [0.29, 0.717) is 11.4 Å². The van der Waals surface area contributed by atoms with Crippen LogP contribution in [0, 0.1) is 13.8 Å². The second-order valence-electron chi connectivity index (χ2n) is 4.18. The largest absolute Gasteiger partial charge is 0.392 e. The average molecular weight is 254 g/mol. The first kappa shape index (κ1) is 14.2. The lowest BCUT2D eigenvalue weighted by Gasteiger charge is -2.08. The van der Waals surface area contributed by atoms with Gasteiger partial charge in [-0.1, -0.05) is 0 Å². The molecule has 2 amide bonds. The fourth-order valence-electron chi connectivity index (χ4n) is 1.45. The summed E-state index contributed by atoms with van der Waals surface area (Å²) in [5.74, 6) is -1.55. The first-order valence-electron chi connectivity index (χ1n) is 5.60. The Balaban J connectivity index is 2.67. The van der Waals surface area contributed by atoms with Crippen molar-refractivity contribution >= 4 is 17.5 Å². The van der Waals surface area contributed by atoms with Crippen LogP contribution in [0.4, 0.5) is 5.69 Å². The van der Waals surface area contributed by atoms with E-state index >= 15 is 0 Å². The van der Waals surface area contributed by atoms with Crippen LogP contribution in [-0.4, -0.2) is 39.4 Å². The molecule has 0 aliphatic rings. The summed E-state index contributed by atoms with van der Waals surface area (Å²) in [6.07, 6.45) is -0.691. The molecule has 0 fully saturated rings. The lowest BCUT2D eigenvalue weighted by Crippen LogP contribution is -2.39. The van der Waals surface area contributed by atoms with Crippen LogP contribution in [0.2, 0.25) is 0 Å². The molecule has 1 aromatic rings. The predicted octanol–water partition coefficient (Wildman–Crippen LogP) is -0.528. The van der Waals surface area contributed by atoms with Crippen molar-refractivity contribution in [3.63, 3.8) is 0 Å². The molecule has 0 bridgehead atoms. The molecule has 0 aliphatic carbocycles. The molecule has 1 rings (SSSR count). The van der Waals surface area contributed by atoms with Gasteiger partial charge in [-0.25, -0.2) is 0 Å². The Morgan fingerprint density at radius 3 is 2.44 bits per heavy atom. The number of nitrogens with one attached hydrogen (secondary N) is 2. The van der Waals surface area contributed by atoms with E-state index in [2.05, 4.69) is 15.7 Å². The van der Waals surface area contributed by atoms with Gasteiger partial charge in [0.05, 0.1) is 23.2 Å². The minimum atomic E-state index is -0.779. The number of hydrogen-bond acceptors (Lipinski definition) is 4. The Labute approximate surface area is 105 Å². The van der Waals surface area contributed by atoms with E-state index < -0.39 is 17.9 Å². The smallest absolute Gasteiger partial charge is 0.313 e. The van der Waals surface area contributed by atoms with Gasteiger partial charge in [0.1, 0.15) is 0 Å². The van der Waals surface area contributed by atoms with Gasteiger partial charge >= 0.3 is 11.8 Å². The third kappa shape index (κ3) is 3.30. The van der Waals surface area contributed by atoms with E-state index in [1.807, 2.05) is 0 Å². The molecule has 0 radical (unpaired) electrons. The summed E-state index contributed by atoms with van der Waals surface area (Å²) in [5, 5.41) is 18.0. The van der Waals surface area contributed by atoms with Gasteiger partial charge in [0, 0.05) is 13.6 Å². The maximum absolute atomic E-state index is 11.6. The van der Waals surface area contributed by atoms with Gasteiger partial charge < -0.3 is 15.7 Å². The first-order chi connectivity index (χ1) is 8.32. The normalized spacial score (nSPS) is 12.1. The highest BCUT2D eigenvalue weighted by Gasteiger charge is 2.18. The average Bonchev–Trinajstić information content (AvgIpc) is 2.52. The van der Waals surface area contributed by atoms with Crippen molar-refractivity contribution < 1.29 is 14.7 Å². The van der Waals surface area contributed by atoms with E-state index in [-0.39, 0.29) is 6.54 Å². The Bertz CT molecular complexity index is 465. The monoisotopic (exact) mass is 254 g/mol. The van der Waals surface area contributed by atoms with Gasteiger partial charge in [-0.2, -0.15) is 5.10 Å². The van der Waals surface area contributed by atoms with Gasteiger partial charge in [0.15, 0.2) is 0 Å². The molecule has 0 spiro atoms. The molecule has 7 heteroatoms. The highest BCUT2D eigenvalue weighted by Crippen LogP contribution is 2.17. The predicted molar refractivity (Wildman–Crippen MR) is 66.0 cm³/mol. The molecule has 0 aliphatic heterocycles. The van der Waals surface area contributed by atoms with E-state index in [4.69, 9.17) is 5.11 Å². The number of nitrogens with zero attached hydrogens (tertiary/aromatic N) is 2. The van der Waals surface area contributed by atoms with Crippen LogP contribution in [0.25, 0.3) is 0 Å². The van der Waals surface area contributed by atoms with Gasteiger partial charge in [-0.05, 0) is 20.8 Å². The summed E-state index contributed by atoms with van der Waals surface area (Å²) in [4.78, 5) is 23.0. The Hall–Kier alpha value is -1.89. The Kier molecular flexibility index (Phi) is 4.43. The number of amides is 2. The van der Waals surface area contributed by atoms with Crippen LogP contribution < -0.4 is 10.6 Å². The van der Waals surface area contributed by atoms with Gasteiger partial charge in [0.2, 0.25) is 0 Å². The quantitative estimate of drug-likeness (QED) is 0.632. The van der Waals surface area contributed by atoms with Crippen LogP contribution in [-0.2, 0) is 16.6 Å². The molecule has 0 aromatic carbocycles. The zero-order valence-electron chi connectivity index (χ0n) is 10.9. The highest BCUT2D eigenvalue weighted by molar-refractivity contribution is 6.39. The number of aromatic nitrogens is 2. The molecule has 1 heterocycles. The van der Waals surface area contributed by atoms with Crippen molar-refractivity contribution in [2.24, 2.45) is 7.05 Å². The number of aliphatic hydroxyl groups excluding tert-OH is 1. The molecule has 1 aromatic heterocycles. The lowest BCUT2D eigenvalue weighted by atomic mass is 10.3. The minimum absolute atomic E-state index is 0.0389. The SMILES string of the molecule is Cc1nn(C)c(C)c1NC(=O)C(=O)NC[C@@H](C)O. The lowest BCUT2D eigenvalue weighted by molar-refractivity contribution is -0.136. The molecule has 100 valence electrons. The molecule has 7 nitrogen and oxygen atoms in total. The van der Waals surface area contributed by atoms with E-state index in [0.717, 1.165) is 5.69 Å². The van der Waals surface area contributed by atoms with Crippen molar-refractivity contribution in [3.05, 3.63) is 11.4 Å². The summed E-state index contributed by atoms with van der Waals surface area (Å²) in [6, 6.07) is 0. The Morgan fingerprint density at radius 2 is 2.00 bits per heavy atom. The van der Waals surface area contributed by atoms with Crippen LogP contribution in [0.1, 0.15) is 18.3 Å². The standard InChI is InChI=1S/C11H18N4O3/c1-6(16)5-12-10(17)11(18)13-9-7(2)14-15(4)8(9)3/h6,16H,5H2,1-4H3,(H,12,17)(H,13,18)/t6-/m1/s1. The van der Waals surface area contributed by atoms with Crippen LogP contribution >= 0.6 is 0 Å². The van der Waals surface area contributed by atoms with Crippen LogP contribution in [0.5, 0.6) is 0 Å². The summed E-state index contributed by atoms with van der Waals surface area (Å²) >= 11 is 0. The number of anilines is 1. The molecular weight excluding hydrogens is 236 g/mol. The van der Waals surface area contributed by atoms with E-state index in [1.54, 1.807) is 25.6 Å². The first-order valence-corrected chi connectivity index (χ1v) is 5.60. The zero-order chi connectivity index (χ0) is 13.9. The zero-order valence-corrected chi connectivity index (χ0v) is 10.9. The topological polar surface area (TPSA) is 96.2 Å². The fraction of sp³-hybridized carbons (Fsp3) is 0.545. The summed E-state index contributed by atoms with van der Waals surface area (Å²) in [5.41, 5.74) is 1.95. The number of hydrogen-bond donors (Lipinski definition) is 3. The molecule has 0 saturated carbocycles. The molecule has 18 heavy (non-hydrogen) atoms. The van der Waals surface area contributed by atoms with Crippen LogP contribution in [0.3, 0.4) is 0 Å². The Morgan fingerprint density at radius 1 is 1.39 bits per heavy atom. The van der Waals surface area contributed by atoms with Crippen molar-refractivity contribution in [1.82, 2.24) is 15.1 Å². The second-order valence-corrected chi connectivity index (χ2v) is 4.18. The molecule has 1 atom stereocenters. The second kappa shape index (κ2) is 5.63. The van der Waals surface area contributed by atoms with Gasteiger partial charge in [0.25, 0.3) is 0 Å². The third-order valence-electron chi connectivity index (χ3n) is 2.51. The fourth-order valence-corrected chi connectivity index (χ4v) is 1.45. The summed E-state index contributed by atoms with van der Waals surface area (Å²) in [7, 11) is 1.76. The van der Waals surface area contributed by atoms with Gasteiger partial charge in [-0.15, -0.1) is 0 Å². The summed E-state index contributed by atoms with van der Waals surface area (Å²) in [6.45, 7) is 5.10.